The average molecular weight is 251 g/mol. The number of carboxylic acid groups (broad SMARTS) is 1. The first kappa shape index (κ1) is 14.0. The van der Waals surface area contributed by atoms with E-state index in [0.29, 0.717) is 17.9 Å². The molecule has 1 aromatic rings. The van der Waals surface area contributed by atoms with Gasteiger partial charge in [-0.05, 0) is 18.6 Å². The number of benzene rings is 1. The summed E-state index contributed by atoms with van der Waals surface area (Å²) in [4.78, 5) is 22.0. The molecular formula is C13H17NO4. The van der Waals surface area contributed by atoms with Crippen molar-refractivity contribution in [2.24, 2.45) is 0 Å². The van der Waals surface area contributed by atoms with Gasteiger partial charge in [0.05, 0.1) is 5.69 Å². The smallest absolute Gasteiger partial charge is 0.341 e. The summed E-state index contributed by atoms with van der Waals surface area (Å²) < 4.78 is 5.09. The molecule has 0 unspecified atom stereocenters. The minimum atomic E-state index is -1.05. The Morgan fingerprint density at radius 1 is 1.33 bits per heavy atom. The highest BCUT2D eigenvalue weighted by molar-refractivity contribution is 5.92. The first-order valence-corrected chi connectivity index (χ1v) is 5.87. The second-order valence-corrected chi connectivity index (χ2v) is 3.83. The van der Waals surface area contributed by atoms with Crippen LogP contribution in [-0.4, -0.2) is 23.6 Å². The van der Waals surface area contributed by atoms with Crippen molar-refractivity contribution in [3.8, 4) is 5.75 Å². The zero-order valence-corrected chi connectivity index (χ0v) is 10.3. The van der Waals surface area contributed by atoms with Crippen molar-refractivity contribution in [2.75, 3.05) is 11.9 Å². The third-order valence-electron chi connectivity index (χ3n) is 2.27. The first-order chi connectivity index (χ1) is 8.63. The third kappa shape index (κ3) is 4.86. The first-order valence-electron chi connectivity index (χ1n) is 5.87. The molecule has 5 nitrogen and oxygen atoms in total. The lowest BCUT2D eigenvalue weighted by atomic mass is 10.2. The Morgan fingerprint density at radius 3 is 2.72 bits per heavy atom. The van der Waals surface area contributed by atoms with Gasteiger partial charge in [0.2, 0.25) is 5.91 Å². The van der Waals surface area contributed by atoms with E-state index in [0.717, 1.165) is 12.8 Å². The van der Waals surface area contributed by atoms with E-state index in [4.69, 9.17) is 9.84 Å². The number of amides is 1. The number of unbranched alkanes of at least 4 members (excludes halogenated alkanes) is 1. The molecule has 0 atom stereocenters. The fraction of sp³-hybridized carbons (Fsp3) is 0.385. The molecule has 0 radical (unpaired) electrons. The monoisotopic (exact) mass is 251 g/mol. The van der Waals surface area contributed by atoms with Crippen molar-refractivity contribution in [3.63, 3.8) is 0 Å². The van der Waals surface area contributed by atoms with Crippen LogP contribution in [0.15, 0.2) is 24.3 Å². The van der Waals surface area contributed by atoms with Crippen LogP contribution >= 0.6 is 0 Å². The van der Waals surface area contributed by atoms with E-state index in [1.165, 1.54) is 0 Å². The van der Waals surface area contributed by atoms with Gasteiger partial charge in [-0.2, -0.15) is 0 Å². The third-order valence-corrected chi connectivity index (χ3v) is 2.27. The average Bonchev–Trinajstić information content (AvgIpc) is 2.35. The van der Waals surface area contributed by atoms with E-state index in [1.807, 2.05) is 6.92 Å². The molecule has 1 aromatic carbocycles. The van der Waals surface area contributed by atoms with E-state index < -0.39 is 12.6 Å². The van der Waals surface area contributed by atoms with Gasteiger partial charge in [-0.15, -0.1) is 0 Å². The van der Waals surface area contributed by atoms with Gasteiger partial charge in [-0.25, -0.2) is 4.79 Å². The largest absolute Gasteiger partial charge is 0.480 e. The molecule has 0 heterocycles. The fourth-order valence-corrected chi connectivity index (χ4v) is 1.39. The molecule has 0 aromatic heterocycles. The number of nitrogens with one attached hydrogen (secondary N) is 1. The van der Waals surface area contributed by atoms with Gasteiger partial charge in [0.15, 0.2) is 6.61 Å². The van der Waals surface area contributed by atoms with Crippen LogP contribution in [0, 0.1) is 0 Å². The zero-order chi connectivity index (χ0) is 13.4. The van der Waals surface area contributed by atoms with E-state index in [2.05, 4.69) is 5.32 Å². The lowest BCUT2D eigenvalue weighted by molar-refractivity contribution is -0.139. The molecule has 1 rings (SSSR count). The summed E-state index contributed by atoms with van der Waals surface area (Å²) in [5.74, 6) is -0.782. The molecule has 1 amide bonds. The lowest BCUT2D eigenvalue weighted by Gasteiger charge is -2.10. The lowest BCUT2D eigenvalue weighted by Crippen LogP contribution is -2.14. The molecule has 0 aliphatic carbocycles. The quantitative estimate of drug-likeness (QED) is 0.779. The minimum Gasteiger partial charge on any atom is -0.480 e. The molecule has 0 saturated heterocycles. The van der Waals surface area contributed by atoms with Gasteiger partial charge in [-0.3, -0.25) is 4.79 Å². The number of ether oxygens (including phenoxy) is 1. The number of rotatable bonds is 7. The van der Waals surface area contributed by atoms with Gasteiger partial charge in [0.25, 0.3) is 0 Å². The van der Waals surface area contributed by atoms with Crippen LogP contribution < -0.4 is 10.1 Å². The molecule has 0 aliphatic rings. The van der Waals surface area contributed by atoms with Crippen LogP contribution in [-0.2, 0) is 9.59 Å². The Balaban J connectivity index is 2.63. The Morgan fingerprint density at radius 2 is 2.06 bits per heavy atom. The molecule has 0 bridgehead atoms. The predicted octanol–water partition coefficient (Wildman–Crippen LogP) is 2.28. The molecule has 0 fully saturated rings. The molecule has 5 heteroatoms. The number of anilines is 1. The number of carbonyl (C=O) groups excluding carboxylic acids is 1. The van der Waals surface area contributed by atoms with Crippen molar-refractivity contribution in [1.29, 1.82) is 0 Å². The highest BCUT2D eigenvalue weighted by Crippen LogP contribution is 2.23. The van der Waals surface area contributed by atoms with Gasteiger partial charge in [-0.1, -0.05) is 25.5 Å². The Bertz CT molecular complexity index is 417. The summed E-state index contributed by atoms with van der Waals surface area (Å²) in [5, 5.41) is 11.3. The van der Waals surface area contributed by atoms with Crippen molar-refractivity contribution in [2.45, 2.75) is 26.2 Å². The molecule has 0 spiro atoms. The van der Waals surface area contributed by atoms with Crippen LogP contribution in [0.25, 0.3) is 0 Å². The predicted molar refractivity (Wildman–Crippen MR) is 67.7 cm³/mol. The maximum Gasteiger partial charge on any atom is 0.341 e. The number of hydrogen-bond donors (Lipinski definition) is 2. The van der Waals surface area contributed by atoms with Crippen molar-refractivity contribution >= 4 is 17.6 Å². The maximum absolute atomic E-state index is 11.6. The van der Waals surface area contributed by atoms with E-state index in [9.17, 15) is 9.59 Å². The second kappa shape index (κ2) is 7.32. The van der Waals surface area contributed by atoms with E-state index >= 15 is 0 Å². The molecular weight excluding hydrogens is 234 g/mol. The number of para-hydroxylation sites is 2. The number of aliphatic carboxylic acids is 1. The summed E-state index contributed by atoms with van der Waals surface area (Å²) in [7, 11) is 0. The van der Waals surface area contributed by atoms with Crippen LogP contribution in [0.5, 0.6) is 5.75 Å². The zero-order valence-electron chi connectivity index (χ0n) is 10.3. The van der Waals surface area contributed by atoms with Crippen molar-refractivity contribution < 1.29 is 19.4 Å². The fourth-order valence-electron chi connectivity index (χ4n) is 1.39. The molecule has 0 aliphatic heterocycles. The topological polar surface area (TPSA) is 75.6 Å². The number of hydrogen-bond acceptors (Lipinski definition) is 3. The van der Waals surface area contributed by atoms with Crippen LogP contribution in [0.2, 0.25) is 0 Å². The standard InChI is InChI=1S/C13H17NO4/c1-2-3-8-12(15)14-10-6-4-5-7-11(10)18-9-13(16)17/h4-7H,2-3,8-9H2,1H3,(H,14,15)(H,16,17). The summed E-state index contributed by atoms with van der Waals surface area (Å²) in [5.41, 5.74) is 0.500. The summed E-state index contributed by atoms with van der Waals surface area (Å²) in [6.45, 7) is 1.58. The van der Waals surface area contributed by atoms with Crippen LogP contribution in [0.4, 0.5) is 5.69 Å². The van der Waals surface area contributed by atoms with Gasteiger partial charge < -0.3 is 15.2 Å². The molecule has 2 N–H and O–H groups in total. The van der Waals surface area contributed by atoms with Crippen molar-refractivity contribution in [1.82, 2.24) is 0 Å². The normalized spacial score (nSPS) is 9.83. The van der Waals surface area contributed by atoms with Crippen LogP contribution in [0.1, 0.15) is 26.2 Å². The van der Waals surface area contributed by atoms with Gasteiger partial charge in [0.1, 0.15) is 5.75 Å². The Labute approximate surface area is 106 Å². The number of carbonyl (C=O) groups is 2. The Hall–Kier alpha value is -2.04. The highest BCUT2D eigenvalue weighted by Gasteiger charge is 2.08. The SMILES string of the molecule is CCCCC(=O)Nc1ccccc1OCC(=O)O. The summed E-state index contributed by atoms with van der Waals surface area (Å²) in [6, 6.07) is 6.78. The van der Waals surface area contributed by atoms with E-state index in [1.54, 1.807) is 24.3 Å². The Kier molecular flexibility index (Phi) is 5.70. The maximum atomic E-state index is 11.6. The molecule has 18 heavy (non-hydrogen) atoms. The second-order valence-electron chi connectivity index (χ2n) is 3.83. The van der Waals surface area contributed by atoms with E-state index in [-0.39, 0.29) is 5.91 Å². The summed E-state index contributed by atoms with van der Waals surface area (Å²) >= 11 is 0. The van der Waals surface area contributed by atoms with Crippen LogP contribution in [0.3, 0.4) is 0 Å². The van der Waals surface area contributed by atoms with Gasteiger partial charge >= 0.3 is 5.97 Å². The molecule has 98 valence electrons. The number of carboxylic acids is 1. The highest BCUT2D eigenvalue weighted by atomic mass is 16.5. The van der Waals surface area contributed by atoms with Crippen molar-refractivity contribution in [3.05, 3.63) is 24.3 Å². The van der Waals surface area contributed by atoms with Gasteiger partial charge in [0, 0.05) is 6.42 Å². The summed E-state index contributed by atoms with van der Waals surface area (Å²) in [6.07, 6.45) is 2.22. The molecule has 0 saturated carbocycles. The minimum absolute atomic E-state index is 0.0942.